The van der Waals surface area contributed by atoms with E-state index < -0.39 is 12.0 Å². The van der Waals surface area contributed by atoms with Crippen molar-refractivity contribution in [2.75, 3.05) is 12.8 Å². The van der Waals surface area contributed by atoms with E-state index in [0.717, 1.165) is 11.1 Å². The van der Waals surface area contributed by atoms with Crippen LogP contribution in [0.15, 0.2) is 30.5 Å². The van der Waals surface area contributed by atoms with Crippen molar-refractivity contribution in [1.29, 1.82) is 0 Å². The fraction of sp³-hybridized carbons (Fsp3) is 0.250. The number of benzene rings is 1. The number of pyridine rings is 1. The lowest BCUT2D eigenvalue weighted by Crippen LogP contribution is -2.23. The Morgan fingerprint density at radius 1 is 1.23 bits per heavy atom. The van der Waals surface area contributed by atoms with Crippen LogP contribution in [0.4, 0.5) is 5.69 Å². The van der Waals surface area contributed by atoms with Crippen molar-refractivity contribution in [3.63, 3.8) is 0 Å². The average molecular weight is 301 g/mol. The lowest BCUT2D eigenvalue weighted by molar-refractivity contribution is -0.128. The van der Waals surface area contributed by atoms with Gasteiger partial charge in [-0.05, 0) is 43.2 Å². The molecule has 0 radical (unpaired) electrons. The molecular weight excluding hydrogens is 282 g/mol. The van der Waals surface area contributed by atoms with E-state index in [2.05, 4.69) is 4.98 Å². The highest BCUT2D eigenvalue weighted by molar-refractivity contribution is 5.80. The first kappa shape index (κ1) is 15.8. The molecule has 1 heterocycles. The minimum Gasteiger partial charge on any atom is -0.457 e. The maximum absolute atomic E-state index is 11.3. The van der Waals surface area contributed by atoms with Crippen LogP contribution < -0.4 is 16.2 Å². The molecule has 0 saturated carbocycles. The van der Waals surface area contributed by atoms with Gasteiger partial charge in [0.1, 0.15) is 11.5 Å². The first-order valence-corrected chi connectivity index (χ1v) is 6.75. The second kappa shape index (κ2) is 6.44. The predicted molar refractivity (Wildman–Crippen MR) is 83.6 cm³/mol. The molecule has 0 spiro atoms. The number of nitrogens with two attached hydrogens (primary N) is 2. The van der Waals surface area contributed by atoms with Gasteiger partial charge in [-0.1, -0.05) is 0 Å². The van der Waals surface area contributed by atoms with Gasteiger partial charge in [0.05, 0.1) is 5.69 Å². The van der Waals surface area contributed by atoms with E-state index in [1.165, 1.54) is 7.11 Å². The minimum atomic E-state index is -0.905. The molecule has 2 aromatic rings. The number of methoxy groups -OCH3 is 1. The standard InChI is InChI=1S/C16H19N3O3/c1-9-10(2)14(5-4-12(9)17)22-11-6-7-19-13(8-11)15(21-3)16(18)20/h4-8,15H,17H2,1-3H3,(H2,18,20). The normalized spacial score (nSPS) is 12.0. The fourth-order valence-corrected chi connectivity index (χ4v) is 2.07. The molecule has 1 aromatic heterocycles. The summed E-state index contributed by atoms with van der Waals surface area (Å²) in [5.74, 6) is 0.629. The van der Waals surface area contributed by atoms with Gasteiger partial charge in [0.2, 0.25) is 0 Å². The molecular formula is C16H19N3O3. The van der Waals surface area contributed by atoms with Crippen molar-refractivity contribution in [3.8, 4) is 11.5 Å². The van der Waals surface area contributed by atoms with Gasteiger partial charge in [0.15, 0.2) is 6.10 Å². The number of ether oxygens (including phenoxy) is 2. The molecule has 0 aliphatic rings. The highest BCUT2D eigenvalue weighted by Gasteiger charge is 2.19. The van der Waals surface area contributed by atoms with Crippen molar-refractivity contribution in [2.45, 2.75) is 20.0 Å². The summed E-state index contributed by atoms with van der Waals surface area (Å²) in [6.45, 7) is 3.87. The Kier molecular flexibility index (Phi) is 4.62. The number of nitrogens with zero attached hydrogens (tertiary/aromatic N) is 1. The molecule has 1 amide bonds. The molecule has 2 rings (SSSR count). The topological polar surface area (TPSA) is 100 Å². The monoisotopic (exact) mass is 301 g/mol. The smallest absolute Gasteiger partial charge is 0.252 e. The van der Waals surface area contributed by atoms with Crippen LogP contribution in [-0.2, 0) is 9.53 Å². The molecule has 1 unspecified atom stereocenters. The number of anilines is 1. The van der Waals surface area contributed by atoms with Crippen LogP contribution >= 0.6 is 0 Å². The Bertz CT molecular complexity index is 701. The minimum absolute atomic E-state index is 0.400. The number of hydrogen-bond acceptors (Lipinski definition) is 5. The van der Waals surface area contributed by atoms with E-state index >= 15 is 0 Å². The molecule has 4 N–H and O–H groups in total. The number of rotatable bonds is 5. The van der Waals surface area contributed by atoms with Gasteiger partial charge in [-0.25, -0.2) is 0 Å². The maximum Gasteiger partial charge on any atom is 0.252 e. The van der Waals surface area contributed by atoms with Crippen molar-refractivity contribution >= 4 is 11.6 Å². The predicted octanol–water partition coefficient (Wildman–Crippen LogP) is 2.25. The first-order chi connectivity index (χ1) is 10.4. The van der Waals surface area contributed by atoms with Gasteiger partial charge in [-0.2, -0.15) is 0 Å². The van der Waals surface area contributed by atoms with Crippen molar-refractivity contribution in [3.05, 3.63) is 47.3 Å². The molecule has 0 aliphatic carbocycles. The summed E-state index contributed by atoms with van der Waals surface area (Å²) in [5, 5.41) is 0. The number of nitrogen functional groups attached to an aromatic ring is 1. The third-order valence-corrected chi connectivity index (χ3v) is 3.52. The fourth-order valence-electron chi connectivity index (χ4n) is 2.07. The molecule has 0 saturated heterocycles. The zero-order valence-electron chi connectivity index (χ0n) is 12.8. The quantitative estimate of drug-likeness (QED) is 0.825. The van der Waals surface area contributed by atoms with E-state index in [9.17, 15) is 4.79 Å². The Hall–Kier alpha value is -2.60. The van der Waals surface area contributed by atoms with Gasteiger partial charge in [-0.15, -0.1) is 0 Å². The molecule has 6 nitrogen and oxygen atoms in total. The highest BCUT2D eigenvalue weighted by Crippen LogP contribution is 2.30. The van der Waals surface area contributed by atoms with Gasteiger partial charge < -0.3 is 20.9 Å². The number of carbonyl (C=O) groups excluding carboxylic acids is 1. The SMILES string of the molecule is COC(C(N)=O)c1cc(Oc2ccc(N)c(C)c2C)ccn1. The van der Waals surface area contributed by atoms with Crippen molar-refractivity contribution in [1.82, 2.24) is 4.98 Å². The summed E-state index contributed by atoms with van der Waals surface area (Å²) in [5.41, 5.74) is 14.2. The van der Waals surface area contributed by atoms with Gasteiger partial charge in [0, 0.05) is 25.1 Å². The summed E-state index contributed by atoms with van der Waals surface area (Å²) in [6.07, 6.45) is 0.636. The van der Waals surface area contributed by atoms with E-state index in [1.807, 2.05) is 13.8 Å². The van der Waals surface area contributed by atoms with Crippen LogP contribution in [-0.4, -0.2) is 18.0 Å². The Labute approximate surface area is 129 Å². The molecule has 0 aliphatic heterocycles. The van der Waals surface area contributed by atoms with Crippen molar-refractivity contribution in [2.24, 2.45) is 5.73 Å². The van der Waals surface area contributed by atoms with Gasteiger partial charge >= 0.3 is 0 Å². The lowest BCUT2D eigenvalue weighted by atomic mass is 10.1. The second-order valence-electron chi connectivity index (χ2n) is 4.94. The lowest BCUT2D eigenvalue weighted by Gasteiger charge is -2.14. The number of hydrogen-bond donors (Lipinski definition) is 2. The summed E-state index contributed by atoms with van der Waals surface area (Å²) in [7, 11) is 1.40. The Balaban J connectivity index is 2.32. The van der Waals surface area contributed by atoms with Crippen LogP contribution in [0.3, 0.4) is 0 Å². The summed E-state index contributed by atoms with van der Waals surface area (Å²) >= 11 is 0. The van der Waals surface area contributed by atoms with Crippen LogP contribution in [0, 0.1) is 13.8 Å². The number of amides is 1. The molecule has 116 valence electrons. The number of aromatic nitrogens is 1. The van der Waals surface area contributed by atoms with Crippen LogP contribution in [0.2, 0.25) is 0 Å². The number of carbonyl (C=O) groups is 1. The van der Waals surface area contributed by atoms with Crippen LogP contribution in [0.1, 0.15) is 22.9 Å². The van der Waals surface area contributed by atoms with Gasteiger partial charge in [0.25, 0.3) is 5.91 Å². The molecule has 0 fully saturated rings. The molecule has 1 aromatic carbocycles. The summed E-state index contributed by atoms with van der Waals surface area (Å²) in [6, 6.07) is 6.92. The molecule has 0 bridgehead atoms. The van der Waals surface area contributed by atoms with E-state index in [-0.39, 0.29) is 0 Å². The van der Waals surface area contributed by atoms with E-state index in [4.69, 9.17) is 20.9 Å². The third kappa shape index (κ3) is 3.17. The Morgan fingerprint density at radius 2 is 1.95 bits per heavy atom. The maximum atomic E-state index is 11.3. The van der Waals surface area contributed by atoms with E-state index in [0.29, 0.717) is 22.9 Å². The van der Waals surface area contributed by atoms with Crippen LogP contribution in [0.25, 0.3) is 0 Å². The molecule has 1 atom stereocenters. The summed E-state index contributed by atoms with van der Waals surface area (Å²) < 4.78 is 10.9. The third-order valence-electron chi connectivity index (χ3n) is 3.52. The largest absolute Gasteiger partial charge is 0.457 e. The van der Waals surface area contributed by atoms with Crippen molar-refractivity contribution < 1.29 is 14.3 Å². The highest BCUT2D eigenvalue weighted by atomic mass is 16.5. The average Bonchev–Trinajstić information content (AvgIpc) is 2.49. The van der Waals surface area contributed by atoms with E-state index in [1.54, 1.807) is 30.5 Å². The summed E-state index contributed by atoms with van der Waals surface area (Å²) in [4.78, 5) is 15.4. The molecule has 6 heteroatoms. The zero-order chi connectivity index (χ0) is 16.3. The van der Waals surface area contributed by atoms with Crippen LogP contribution in [0.5, 0.6) is 11.5 Å². The second-order valence-corrected chi connectivity index (χ2v) is 4.94. The first-order valence-electron chi connectivity index (χ1n) is 6.75. The number of primary amides is 1. The molecule has 22 heavy (non-hydrogen) atoms. The zero-order valence-corrected chi connectivity index (χ0v) is 12.8. The van der Waals surface area contributed by atoms with Gasteiger partial charge in [-0.3, -0.25) is 9.78 Å². The Morgan fingerprint density at radius 3 is 2.59 bits per heavy atom.